The Bertz CT molecular complexity index is 267. The fourth-order valence-electron chi connectivity index (χ4n) is 2.08. The number of thiocarbonyl (C=S) groups is 1. The van der Waals surface area contributed by atoms with Crippen molar-refractivity contribution in [3.05, 3.63) is 0 Å². The Kier molecular flexibility index (Phi) is 19.8. The molecule has 1 N–H and O–H groups in total. The van der Waals surface area contributed by atoms with Gasteiger partial charge in [-0.25, -0.2) is 0 Å². The van der Waals surface area contributed by atoms with E-state index in [0.29, 0.717) is 12.3 Å². The van der Waals surface area contributed by atoms with Crippen LogP contribution in [0.5, 0.6) is 0 Å². The largest absolute Gasteiger partial charge is 0.490 e. The summed E-state index contributed by atoms with van der Waals surface area (Å²) in [5.74, 6) is -0.224. The van der Waals surface area contributed by atoms with E-state index in [4.69, 9.17) is 22.1 Å². The maximum Gasteiger partial charge on any atom is 0.303 e. The molecule has 0 heterocycles. The van der Waals surface area contributed by atoms with Gasteiger partial charge in [0, 0.05) is 12.3 Å². The molecule has 0 saturated carbocycles. The van der Waals surface area contributed by atoms with Crippen LogP contribution in [-0.4, -0.2) is 23.2 Å². The first-order valence-electron chi connectivity index (χ1n) is 8.79. The highest BCUT2D eigenvalue weighted by atomic mass is 32.1. The fourth-order valence-corrected chi connectivity index (χ4v) is 2.19. The van der Waals surface area contributed by atoms with E-state index in [-0.39, 0.29) is 0 Å². The highest BCUT2D eigenvalue weighted by Gasteiger charge is 2.07. The highest BCUT2D eigenvalue weighted by molar-refractivity contribution is 7.80. The lowest BCUT2D eigenvalue weighted by atomic mass is 10.0. The van der Waals surface area contributed by atoms with Gasteiger partial charge in [0.2, 0.25) is 0 Å². The molecule has 1 atom stereocenters. The summed E-state index contributed by atoms with van der Waals surface area (Å²) in [4.78, 5) is 10.0. The summed E-state index contributed by atoms with van der Waals surface area (Å²) in [6, 6.07) is 0. The van der Waals surface area contributed by atoms with Gasteiger partial charge in [-0.15, -0.1) is 0 Å². The van der Waals surface area contributed by atoms with E-state index >= 15 is 0 Å². The molecule has 3 nitrogen and oxygen atoms in total. The number of rotatable bonds is 12. The third kappa shape index (κ3) is 19.4. The van der Waals surface area contributed by atoms with Crippen LogP contribution in [0.25, 0.3) is 0 Å². The molecule has 0 aliphatic carbocycles. The van der Waals surface area contributed by atoms with Crippen LogP contribution in [0.1, 0.15) is 91.4 Å². The van der Waals surface area contributed by atoms with Crippen molar-refractivity contribution in [3.63, 3.8) is 0 Å². The Labute approximate surface area is 142 Å². The second kappa shape index (κ2) is 18.4. The lowest BCUT2D eigenvalue weighted by Crippen LogP contribution is -2.09. The van der Waals surface area contributed by atoms with Crippen LogP contribution in [-0.2, 0) is 9.53 Å². The van der Waals surface area contributed by atoms with Crippen molar-refractivity contribution >= 4 is 23.2 Å². The average Bonchev–Trinajstić information content (AvgIpc) is 2.50. The van der Waals surface area contributed by atoms with E-state index in [2.05, 4.69) is 20.8 Å². The molecular weight excluding hydrogens is 296 g/mol. The molecular formula is C18H36O3S. The summed E-state index contributed by atoms with van der Waals surface area (Å²) in [5, 5.41) is 9.03. The highest BCUT2D eigenvalue weighted by Crippen LogP contribution is 2.12. The molecule has 0 radical (unpaired) electrons. The van der Waals surface area contributed by atoms with Crippen molar-refractivity contribution in [1.29, 1.82) is 0 Å². The summed E-state index contributed by atoms with van der Waals surface area (Å²) < 4.78 is 5.00. The van der Waals surface area contributed by atoms with E-state index in [9.17, 15) is 4.79 Å². The van der Waals surface area contributed by atoms with Crippen molar-refractivity contribution in [2.24, 2.45) is 5.92 Å². The smallest absolute Gasteiger partial charge is 0.303 e. The maximum absolute atomic E-state index is 10.0. The molecule has 0 amide bonds. The molecule has 0 spiro atoms. The molecule has 0 aliphatic heterocycles. The number of carboxylic acids is 1. The Morgan fingerprint density at radius 1 is 1.00 bits per heavy atom. The number of carboxylic acid groups (broad SMARTS) is 1. The number of hydrogen-bond donors (Lipinski definition) is 1. The lowest BCUT2D eigenvalue weighted by molar-refractivity contribution is -0.137. The second-order valence-electron chi connectivity index (χ2n) is 5.83. The minimum absolute atomic E-state index is 0.337. The van der Waals surface area contributed by atoms with Crippen molar-refractivity contribution in [2.75, 3.05) is 7.11 Å². The maximum atomic E-state index is 10.0. The molecule has 4 heteroatoms. The Hall–Kier alpha value is -0.640. The van der Waals surface area contributed by atoms with Crippen LogP contribution in [0, 0.1) is 5.92 Å². The van der Waals surface area contributed by atoms with Gasteiger partial charge in [0.25, 0.3) is 0 Å². The first kappa shape index (κ1) is 23.6. The quantitative estimate of drug-likeness (QED) is 0.352. The third-order valence-corrected chi connectivity index (χ3v) is 4.16. The van der Waals surface area contributed by atoms with E-state index < -0.39 is 5.97 Å². The zero-order valence-electron chi connectivity index (χ0n) is 15.0. The number of ether oxygens (including phenoxy) is 1. The summed E-state index contributed by atoms with van der Waals surface area (Å²) in [7, 11) is 1.66. The van der Waals surface area contributed by atoms with Crippen molar-refractivity contribution in [3.8, 4) is 0 Å². The topological polar surface area (TPSA) is 46.5 Å². The number of unbranched alkanes of at least 4 members (excludes halogenated alkanes) is 7. The average molecular weight is 333 g/mol. The summed E-state index contributed by atoms with van der Waals surface area (Å²) in [5.41, 5.74) is 0. The molecule has 0 saturated heterocycles. The van der Waals surface area contributed by atoms with Crippen LogP contribution in [0.2, 0.25) is 0 Å². The van der Waals surface area contributed by atoms with Crippen LogP contribution in [0.15, 0.2) is 0 Å². The minimum Gasteiger partial charge on any atom is -0.490 e. The van der Waals surface area contributed by atoms with Crippen molar-refractivity contribution < 1.29 is 14.6 Å². The van der Waals surface area contributed by atoms with Gasteiger partial charge in [0.1, 0.15) is 0 Å². The first-order chi connectivity index (χ1) is 10.5. The van der Waals surface area contributed by atoms with Gasteiger partial charge < -0.3 is 9.84 Å². The third-order valence-electron chi connectivity index (χ3n) is 3.59. The minimum atomic E-state index is -0.670. The van der Waals surface area contributed by atoms with E-state index in [1.165, 1.54) is 51.4 Å². The molecule has 0 aromatic rings. The predicted molar refractivity (Wildman–Crippen MR) is 98.5 cm³/mol. The molecule has 22 heavy (non-hydrogen) atoms. The molecule has 0 rings (SSSR count). The van der Waals surface area contributed by atoms with Crippen LogP contribution < -0.4 is 0 Å². The fraction of sp³-hybridized carbons (Fsp3) is 0.889. The Morgan fingerprint density at radius 2 is 1.50 bits per heavy atom. The van der Waals surface area contributed by atoms with Crippen LogP contribution in [0.3, 0.4) is 0 Å². The van der Waals surface area contributed by atoms with E-state index in [1.807, 2.05) is 0 Å². The van der Waals surface area contributed by atoms with Gasteiger partial charge in [0.15, 0.2) is 5.05 Å². The van der Waals surface area contributed by atoms with Gasteiger partial charge in [-0.1, -0.05) is 72.1 Å². The van der Waals surface area contributed by atoms with Crippen molar-refractivity contribution in [2.45, 2.75) is 91.4 Å². The normalized spacial score (nSPS) is 11.3. The lowest BCUT2D eigenvalue weighted by Gasteiger charge is -2.10. The van der Waals surface area contributed by atoms with Gasteiger partial charge in [-0.3, -0.25) is 4.79 Å². The summed E-state index contributed by atoms with van der Waals surface area (Å²) in [6.45, 7) is 6.51. The second-order valence-corrected chi connectivity index (χ2v) is 6.23. The van der Waals surface area contributed by atoms with Gasteiger partial charge in [-0.2, -0.15) is 0 Å². The molecule has 0 aliphatic rings. The number of aliphatic carboxylic acids is 1. The standard InChI is InChI=1S/C10H20OS.C8H16O2/c1-4-5-6-7-8-9(2)10(12)11-3;1-2-3-4-5-6-7-8(9)10/h9H,4-8H2,1-3H3;2-7H2,1H3,(H,9,10). The zero-order valence-corrected chi connectivity index (χ0v) is 15.8. The molecule has 132 valence electrons. The Morgan fingerprint density at radius 3 is 1.95 bits per heavy atom. The summed E-state index contributed by atoms with van der Waals surface area (Å²) in [6.07, 6.45) is 12.3. The first-order valence-corrected chi connectivity index (χ1v) is 9.19. The Balaban J connectivity index is 0. The van der Waals surface area contributed by atoms with Crippen LogP contribution in [0.4, 0.5) is 0 Å². The van der Waals surface area contributed by atoms with Gasteiger partial charge in [-0.05, 0) is 25.1 Å². The number of methoxy groups -OCH3 is 1. The van der Waals surface area contributed by atoms with E-state index in [1.54, 1.807) is 7.11 Å². The zero-order chi connectivity index (χ0) is 17.2. The molecule has 0 aromatic carbocycles. The monoisotopic (exact) mass is 332 g/mol. The SMILES string of the molecule is CCCCCCC(C)C(=S)OC.CCCCCCCC(=O)O. The van der Waals surface area contributed by atoms with Gasteiger partial charge in [0.05, 0.1) is 7.11 Å². The molecule has 0 aromatic heterocycles. The van der Waals surface area contributed by atoms with Crippen LogP contribution >= 0.6 is 12.2 Å². The van der Waals surface area contributed by atoms with Crippen molar-refractivity contribution in [1.82, 2.24) is 0 Å². The van der Waals surface area contributed by atoms with Gasteiger partial charge >= 0.3 is 5.97 Å². The summed E-state index contributed by atoms with van der Waals surface area (Å²) >= 11 is 5.03. The molecule has 1 unspecified atom stereocenters. The number of hydrogen-bond acceptors (Lipinski definition) is 3. The predicted octanol–water partition coefficient (Wildman–Crippen LogP) is 6.00. The van der Waals surface area contributed by atoms with E-state index in [0.717, 1.165) is 17.9 Å². The number of carbonyl (C=O) groups is 1. The molecule has 0 bridgehead atoms. The molecule has 0 fully saturated rings.